The van der Waals surface area contributed by atoms with E-state index in [9.17, 15) is 0 Å². The Bertz CT molecular complexity index is 554. The smallest absolute Gasteiger partial charge is 0.119 e. The van der Waals surface area contributed by atoms with E-state index in [1.54, 1.807) is 7.11 Å². The monoisotopic (exact) mass is 305 g/mol. The molecule has 0 amide bonds. The molecule has 1 atom stereocenters. The molecule has 0 aliphatic carbocycles. The van der Waals surface area contributed by atoms with Gasteiger partial charge in [-0.25, -0.2) is 0 Å². The summed E-state index contributed by atoms with van der Waals surface area (Å²) < 4.78 is 6.25. The van der Waals surface area contributed by atoms with E-state index in [0.717, 1.165) is 21.3 Å². The van der Waals surface area contributed by atoms with E-state index in [1.807, 2.05) is 30.3 Å². The lowest BCUT2D eigenvalue weighted by Crippen LogP contribution is -2.14. The summed E-state index contributed by atoms with van der Waals surface area (Å²) in [6, 6.07) is 13.9. The number of methoxy groups -OCH3 is 1. The summed E-state index contributed by atoms with van der Waals surface area (Å²) in [4.78, 5) is 0. The summed E-state index contributed by atoms with van der Waals surface area (Å²) in [5, 5.41) is 0. The molecule has 0 radical (unpaired) electrons. The van der Waals surface area contributed by atoms with Crippen molar-refractivity contribution in [2.45, 2.75) is 13.0 Å². The SMILES string of the molecule is COc1ccc(Br)c(C(N)c2ccccc2C)c1. The molecular formula is C15H16BrNO. The van der Waals surface area contributed by atoms with Gasteiger partial charge in [-0.05, 0) is 41.8 Å². The van der Waals surface area contributed by atoms with E-state index >= 15 is 0 Å². The molecule has 2 aromatic rings. The van der Waals surface area contributed by atoms with E-state index in [2.05, 4.69) is 35.0 Å². The number of aryl methyl sites for hydroxylation is 1. The predicted octanol–water partition coefficient (Wildman–Crippen LogP) is 3.81. The third-order valence-electron chi connectivity index (χ3n) is 3.06. The van der Waals surface area contributed by atoms with Gasteiger partial charge in [-0.1, -0.05) is 40.2 Å². The normalized spacial score (nSPS) is 12.2. The molecule has 2 rings (SSSR count). The van der Waals surface area contributed by atoms with Crippen molar-refractivity contribution in [2.24, 2.45) is 5.73 Å². The van der Waals surface area contributed by atoms with Gasteiger partial charge in [-0.2, -0.15) is 0 Å². The van der Waals surface area contributed by atoms with Gasteiger partial charge in [0.1, 0.15) is 5.75 Å². The minimum Gasteiger partial charge on any atom is -0.497 e. The molecule has 18 heavy (non-hydrogen) atoms. The van der Waals surface area contributed by atoms with Crippen molar-refractivity contribution in [1.29, 1.82) is 0 Å². The predicted molar refractivity (Wildman–Crippen MR) is 77.9 cm³/mol. The quantitative estimate of drug-likeness (QED) is 0.936. The zero-order chi connectivity index (χ0) is 13.1. The van der Waals surface area contributed by atoms with Gasteiger partial charge in [-0.15, -0.1) is 0 Å². The Morgan fingerprint density at radius 2 is 1.83 bits per heavy atom. The van der Waals surface area contributed by atoms with Crippen LogP contribution in [0.3, 0.4) is 0 Å². The first-order chi connectivity index (χ1) is 8.63. The maximum absolute atomic E-state index is 6.36. The number of rotatable bonds is 3. The average Bonchev–Trinajstić information content (AvgIpc) is 2.39. The Hall–Kier alpha value is -1.32. The fourth-order valence-corrected chi connectivity index (χ4v) is 2.48. The average molecular weight is 306 g/mol. The topological polar surface area (TPSA) is 35.2 Å². The molecule has 0 saturated heterocycles. The fourth-order valence-electron chi connectivity index (χ4n) is 1.99. The molecule has 0 spiro atoms. The van der Waals surface area contributed by atoms with E-state index < -0.39 is 0 Å². The Kier molecular flexibility index (Phi) is 4.04. The van der Waals surface area contributed by atoms with Gasteiger partial charge < -0.3 is 10.5 Å². The minimum absolute atomic E-state index is 0.157. The Morgan fingerprint density at radius 1 is 1.11 bits per heavy atom. The standard InChI is InChI=1S/C15H16BrNO/c1-10-5-3-4-6-12(10)15(17)13-9-11(18-2)7-8-14(13)16/h3-9,15H,17H2,1-2H3. The summed E-state index contributed by atoms with van der Waals surface area (Å²) in [7, 11) is 1.66. The zero-order valence-electron chi connectivity index (χ0n) is 10.5. The van der Waals surface area contributed by atoms with Crippen LogP contribution in [-0.2, 0) is 0 Å². The number of ether oxygens (including phenoxy) is 1. The van der Waals surface area contributed by atoms with Gasteiger partial charge >= 0.3 is 0 Å². The van der Waals surface area contributed by atoms with Crippen LogP contribution in [0.25, 0.3) is 0 Å². The van der Waals surface area contributed by atoms with Crippen LogP contribution in [0.2, 0.25) is 0 Å². The summed E-state index contributed by atoms with van der Waals surface area (Å²) in [5.41, 5.74) is 9.71. The van der Waals surface area contributed by atoms with Gasteiger partial charge in [0.15, 0.2) is 0 Å². The first kappa shape index (κ1) is 13.1. The Morgan fingerprint density at radius 3 is 2.50 bits per heavy atom. The highest BCUT2D eigenvalue weighted by molar-refractivity contribution is 9.10. The van der Waals surface area contributed by atoms with E-state index in [4.69, 9.17) is 10.5 Å². The molecule has 2 N–H and O–H groups in total. The van der Waals surface area contributed by atoms with Crippen LogP contribution in [-0.4, -0.2) is 7.11 Å². The third kappa shape index (κ3) is 2.57. The van der Waals surface area contributed by atoms with Crippen LogP contribution in [0.5, 0.6) is 5.75 Å². The summed E-state index contributed by atoms with van der Waals surface area (Å²) in [6.07, 6.45) is 0. The molecule has 0 aliphatic rings. The maximum Gasteiger partial charge on any atom is 0.119 e. The summed E-state index contributed by atoms with van der Waals surface area (Å²) >= 11 is 3.55. The van der Waals surface area contributed by atoms with Crippen LogP contribution >= 0.6 is 15.9 Å². The summed E-state index contributed by atoms with van der Waals surface area (Å²) in [6.45, 7) is 2.07. The van der Waals surface area contributed by atoms with E-state index in [0.29, 0.717) is 0 Å². The first-order valence-electron chi connectivity index (χ1n) is 5.78. The minimum atomic E-state index is -0.157. The van der Waals surface area contributed by atoms with Gasteiger partial charge in [0, 0.05) is 4.47 Å². The second-order valence-corrected chi connectivity index (χ2v) is 5.08. The summed E-state index contributed by atoms with van der Waals surface area (Å²) in [5.74, 6) is 0.817. The molecule has 0 aliphatic heterocycles. The number of benzene rings is 2. The molecular weight excluding hydrogens is 290 g/mol. The number of hydrogen-bond donors (Lipinski definition) is 1. The second-order valence-electron chi connectivity index (χ2n) is 4.22. The van der Waals surface area contributed by atoms with Crippen molar-refractivity contribution in [3.05, 3.63) is 63.6 Å². The van der Waals surface area contributed by atoms with Gasteiger partial charge in [-0.3, -0.25) is 0 Å². The number of nitrogens with two attached hydrogens (primary N) is 1. The highest BCUT2D eigenvalue weighted by Crippen LogP contribution is 2.31. The van der Waals surface area contributed by atoms with Crippen LogP contribution in [0.1, 0.15) is 22.7 Å². The van der Waals surface area contributed by atoms with Crippen molar-refractivity contribution in [1.82, 2.24) is 0 Å². The molecule has 0 heterocycles. The molecule has 3 heteroatoms. The molecule has 0 fully saturated rings. The molecule has 0 saturated carbocycles. The van der Waals surface area contributed by atoms with Crippen LogP contribution in [0, 0.1) is 6.92 Å². The number of hydrogen-bond acceptors (Lipinski definition) is 2. The van der Waals surface area contributed by atoms with E-state index in [1.165, 1.54) is 5.56 Å². The van der Waals surface area contributed by atoms with Gasteiger partial charge in [0.05, 0.1) is 13.2 Å². The fraction of sp³-hybridized carbons (Fsp3) is 0.200. The van der Waals surface area contributed by atoms with Crippen molar-refractivity contribution in [2.75, 3.05) is 7.11 Å². The molecule has 2 aromatic carbocycles. The third-order valence-corrected chi connectivity index (χ3v) is 3.78. The van der Waals surface area contributed by atoms with Crippen molar-refractivity contribution in [3.63, 3.8) is 0 Å². The molecule has 0 aromatic heterocycles. The van der Waals surface area contributed by atoms with Crippen molar-refractivity contribution < 1.29 is 4.74 Å². The van der Waals surface area contributed by atoms with Crippen LogP contribution in [0.15, 0.2) is 46.9 Å². The lowest BCUT2D eigenvalue weighted by atomic mass is 9.96. The van der Waals surface area contributed by atoms with Crippen molar-refractivity contribution in [3.8, 4) is 5.75 Å². The molecule has 94 valence electrons. The van der Waals surface area contributed by atoms with E-state index in [-0.39, 0.29) is 6.04 Å². The Balaban J connectivity index is 2.45. The second kappa shape index (κ2) is 5.55. The lowest BCUT2D eigenvalue weighted by Gasteiger charge is -2.17. The molecule has 0 bridgehead atoms. The highest BCUT2D eigenvalue weighted by atomic mass is 79.9. The van der Waals surface area contributed by atoms with Crippen LogP contribution < -0.4 is 10.5 Å². The zero-order valence-corrected chi connectivity index (χ0v) is 12.1. The van der Waals surface area contributed by atoms with Gasteiger partial charge in [0.2, 0.25) is 0 Å². The lowest BCUT2D eigenvalue weighted by molar-refractivity contribution is 0.414. The first-order valence-corrected chi connectivity index (χ1v) is 6.57. The maximum atomic E-state index is 6.36. The largest absolute Gasteiger partial charge is 0.497 e. The molecule has 2 nitrogen and oxygen atoms in total. The Labute approximate surface area is 116 Å². The molecule has 1 unspecified atom stereocenters. The van der Waals surface area contributed by atoms with Crippen LogP contribution in [0.4, 0.5) is 0 Å². The van der Waals surface area contributed by atoms with Crippen molar-refractivity contribution >= 4 is 15.9 Å². The highest BCUT2D eigenvalue weighted by Gasteiger charge is 2.14. The number of halogens is 1. The van der Waals surface area contributed by atoms with Gasteiger partial charge in [0.25, 0.3) is 0 Å².